The molecule has 0 bridgehead atoms. The second-order valence-electron chi connectivity index (χ2n) is 4.69. The van der Waals surface area contributed by atoms with Gasteiger partial charge in [0.15, 0.2) is 11.5 Å². The molecule has 124 valence electrons. The fourth-order valence-corrected chi connectivity index (χ4v) is 2.12. The number of benzene rings is 2. The molecule has 0 radical (unpaired) electrons. The molecule has 6 heteroatoms. The molecule has 0 saturated heterocycles. The number of anilines is 1. The van der Waals surface area contributed by atoms with Crippen LogP contribution in [0.25, 0.3) is 0 Å². The van der Waals surface area contributed by atoms with E-state index in [0.717, 1.165) is 5.56 Å². The van der Waals surface area contributed by atoms with E-state index in [9.17, 15) is 4.79 Å². The zero-order valence-electron chi connectivity index (χ0n) is 13.4. The molecule has 2 aromatic carbocycles. The zero-order chi connectivity index (χ0) is 17.4. The minimum Gasteiger partial charge on any atom is -0.493 e. The molecule has 2 rings (SSSR count). The molecular formula is C18H17ClN2O3. The van der Waals surface area contributed by atoms with Crippen molar-refractivity contribution in [1.82, 2.24) is 5.32 Å². The molecule has 0 aromatic heterocycles. The standard InChI is InChI=1S/C18H17ClN2O3/c1-23-16-9-8-15(12-17(16)24-2)21-18(22)20-10-4-6-13-5-3-7-14(19)11-13/h3,5,7-9,11-12H,10H2,1-2H3,(H2,20,21,22). The highest BCUT2D eigenvalue weighted by Crippen LogP contribution is 2.29. The van der Waals surface area contributed by atoms with E-state index in [2.05, 4.69) is 22.5 Å². The SMILES string of the molecule is COc1ccc(NC(=O)NCC#Cc2cccc(Cl)c2)cc1OC. The molecule has 0 aliphatic heterocycles. The summed E-state index contributed by atoms with van der Waals surface area (Å²) in [5.41, 5.74) is 1.39. The lowest BCUT2D eigenvalue weighted by atomic mass is 10.2. The first-order valence-corrected chi connectivity index (χ1v) is 7.51. The molecule has 0 aliphatic carbocycles. The van der Waals surface area contributed by atoms with Gasteiger partial charge in [-0.05, 0) is 30.3 Å². The van der Waals surface area contributed by atoms with Crippen LogP contribution >= 0.6 is 11.6 Å². The number of urea groups is 1. The van der Waals surface area contributed by atoms with Crippen LogP contribution in [0, 0.1) is 11.8 Å². The number of halogens is 1. The molecule has 5 nitrogen and oxygen atoms in total. The van der Waals surface area contributed by atoms with Crippen LogP contribution < -0.4 is 20.1 Å². The second-order valence-corrected chi connectivity index (χ2v) is 5.13. The Labute approximate surface area is 145 Å². The normalized spacial score (nSPS) is 9.46. The first-order chi connectivity index (χ1) is 11.6. The zero-order valence-corrected chi connectivity index (χ0v) is 14.1. The molecule has 0 atom stereocenters. The minimum atomic E-state index is -0.359. The van der Waals surface area contributed by atoms with E-state index in [4.69, 9.17) is 21.1 Å². The van der Waals surface area contributed by atoms with E-state index < -0.39 is 0 Å². The van der Waals surface area contributed by atoms with Crippen LogP contribution in [0.4, 0.5) is 10.5 Å². The maximum atomic E-state index is 11.8. The molecule has 0 spiro atoms. The van der Waals surface area contributed by atoms with Gasteiger partial charge >= 0.3 is 6.03 Å². The maximum absolute atomic E-state index is 11.8. The number of methoxy groups -OCH3 is 2. The van der Waals surface area contributed by atoms with Crippen LogP contribution in [-0.4, -0.2) is 26.8 Å². The quantitative estimate of drug-likeness (QED) is 0.834. The Morgan fingerprint density at radius 1 is 1.12 bits per heavy atom. The molecule has 0 unspecified atom stereocenters. The predicted octanol–water partition coefficient (Wildman–Crippen LogP) is 3.53. The number of hydrogen-bond donors (Lipinski definition) is 2. The summed E-state index contributed by atoms with van der Waals surface area (Å²) < 4.78 is 10.3. The lowest BCUT2D eigenvalue weighted by Gasteiger charge is -2.10. The molecule has 0 fully saturated rings. The van der Waals surface area contributed by atoms with Gasteiger partial charge in [-0.15, -0.1) is 0 Å². The van der Waals surface area contributed by atoms with Crippen molar-refractivity contribution in [1.29, 1.82) is 0 Å². The van der Waals surface area contributed by atoms with Gasteiger partial charge in [0.05, 0.1) is 20.8 Å². The lowest BCUT2D eigenvalue weighted by Crippen LogP contribution is -2.28. The molecule has 24 heavy (non-hydrogen) atoms. The summed E-state index contributed by atoms with van der Waals surface area (Å²) in [6.07, 6.45) is 0. The summed E-state index contributed by atoms with van der Waals surface area (Å²) in [6, 6.07) is 12.0. The van der Waals surface area contributed by atoms with Crippen molar-refractivity contribution in [3.63, 3.8) is 0 Å². The van der Waals surface area contributed by atoms with Gasteiger partial charge < -0.3 is 20.1 Å². The Kier molecular flexibility index (Phi) is 6.35. The maximum Gasteiger partial charge on any atom is 0.319 e. The number of rotatable bonds is 4. The van der Waals surface area contributed by atoms with Gasteiger partial charge in [-0.25, -0.2) is 4.79 Å². The largest absolute Gasteiger partial charge is 0.493 e. The fourth-order valence-electron chi connectivity index (χ4n) is 1.93. The monoisotopic (exact) mass is 344 g/mol. The van der Waals surface area contributed by atoms with Crippen LogP contribution in [0.1, 0.15) is 5.56 Å². The summed E-state index contributed by atoms with van der Waals surface area (Å²) in [6.45, 7) is 0.214. The second kappa shape index (κ2) is 8.70. The summed E-state index contributed by atoms with van der Waals surface area (Å²) in [5.74, 6) is 6.92. The van der Waals surface area contributed by atoms with E-state index in [-0.39, 0.29) is 12.6 Å². The highest BCUT2D eigenvalue weighted by Gasteiger charge is 2.06. The number of amides is 2. The molecule has 0 saturated carbocycles. The Bertz CT molecular complexity index is 781. The first kappa shape index (κ1) is 17.5. The van der Waals surface area contributed by atoms with Crippen molar-refractivity contribution >= 4 is 23.3 Å². The van der Waals surface area contributed by atoms with Crippen molar-refractivity contribution < 1.29 is 14.3 Å². The Morgan fingerprint density at radius 2 is 1.92 bits per heavy atom. The Hall–Kier alpha value is -2.84. The van der Waals surface area contributed by atoms with Gasteiger partial charge in [0.2, 0.25) is 0 Å². The predicted molar refractivity (Wildman–Crippen MR) is 94.9 cm³/mol. The number of carbonyl (C=O) groups excluding carboxylic acids is 1. The molecule has 0 heterocycles. The van der Waals surface area contributed by atoms with Crippen LogP contribution in [0.15, 0.2) is 42.5 Å². The van der Waals surface area contributed by atoms with Crippen molar-refractivity contribution in [2.45, 2.75) is 0 Å². The summed E-state index contributed by atoms with van der Waals surface area (Å²) in [4.78, 5) is 11.8. The average molecular weight is 345 g/mol. The molecule has 0 aliphatic rings. The molecule has 2 amide bonds. The third-order valence-corrected chi connectivity index (χ3v) is 3.27. The van der Waals surface area contributed by atoms with Gasteiger partial charge in [0, 0.05) is 22.3 Å². The van der Waals surface area contributed by atoms with Crippen LogP contribution in [0.5, 0.6) is 11.5 Å². The smallest absolute Gasteiger partial charge is 0.319 e. The van der Waals surface area contributed by atoms with Crippen molar-refractivity contribution in [2.24, 2.45) is 0 Å². The highest BCUT2D eigenvalue weighted by atomic mass is 35.5. The van der Waals surface area contributed by atoms with E-state index in [1.807, 2.05) is 12.1 Å². The number of carbonyl (C=O) groups is 1. The molecular weight excluding hydrogens is 328 g/mol. The van der Waals surface area contributed by atoms with E-state index in [1.165, 1.54) is 7.11 Å². The lowest BCUT2D eigenvalue weighted by molar-refractivity contribution is 0.253. The van der Waals surface area contributed by atoms with Crippen molar-refractivity contribution in [3.8, 4) is 23.3 Å². The topological polar surface area (TPSA) is 59.6 Å². The average Bonchev–Trinajstić information content (AvgIpc) is 2.58. The van der Waals surface area contributed by atoms with Crippen LogP contribution in [0.2, 0.25) is 5.02 Å². The fraction of sp³-hybridized carbons (Fsp3) is 0.167. The third kappa shape index (κ3) is 5.11. The van der Waals surface area contributed by atoms with E-state index in [0.29, 0.717) is 22.2 Å². The molecule has 2 aromatic rings. The van der Waals surface area contributed by atoms with E-state index >= 15 is 0 Å². The van der Waals surface area contributed by atoms with E-state index in [1.54, 1.807) is 37.4 Å². The number of nitrogens with one attached hydrogen (secondary N) is 2. The van der Waals surface area contributed by atoms with Crippen LogP contribution in [0.3, 0.4) is 0 Å². The van der Waals surface area contributed by atoms with Crippen molar-refractivity contribution in [2.75, 3.05) is 26.1 Å². The number of hydrogen-bond acceptors (Lipinski definition) is 3. The van der Waals surface area contributed by atoms with Gasteiger partial charge in [0.1, 0.15) is 0 Å². The summed E-state index contributed by atoms with van der Waals surface area (Å²) in [7, 11) is 3.09. The van der Waals surface area contributed by atoms with Gasteiger partial charge in [-0.2, -0.15) is 0 Å². The van der Waals surface area contributed by atoms with Gasteiger partial charge in [-0.3, -0.25) is 0 Å². The van der Waals surface area contributed by atoms with Crippen LogP contribution in [-0.2, 0) is 0 Å². The first-order valence-electron chi connectivity index (χ1n) is 7.13. The minimum absolute atomic E-state index is 0.214. The summed E-state index contributed by atoms with van der Waals surface area (Å²) in [5, 5.41) is 5.98. The molecule has 2 N–H and O–H groups in total. The van der Waals surface area contributed by atoms with Gasteiger partial charge in [0.25, 0.3) is 0 Å². The third-order valence-electron chi connectivity index (χ3n) is 3.04. The summed E-state index contributed by atoms with van der Waals surface area (Å²) >= 11 is 5.88. The highest BCUT2D eigenvalue weighted by molar-refractivity contribution is 6.30. The number of ether oxygens (including phenoxy) is 2. The Balaban J connectivity index is 1.88. The van der Waals surface area contributed by atoms with Gasteiger partial charge in [-0.1, -0.05) is 29.5 Å². The van der Waals surface area contributed by atoms with Crippen molar-refractivity contribution in [3.05, 3.63) is 53.1 Å². The Morgan fingerprint density at radius 3 is 2.62 bits per heavy atom.